The maximum atomic E-state index is 12.4. The van der Waals surface area contributed by atoms with Crippen molar-refractivity contribution < 1.29 is 4.79 Å². The van der Waals surface area contributed by atoms with E-state index in [-0.39, 0.29) is 18.0 Å². The van der Waals surface area contributed by atoms with Crippen LogP contribution >= 0.6 is 0 Å². The van der Waals surface area contributed by atoms with E-state index in [1.54, 1.807) is 0 Å². The van der Waals surface area contributed by atoms with Crippen molar-refractivity contribution in [3.8, 4) is 0 Å². The number of fused-ring (bicyclic) bond motifs is 1. The van der Waals surface area contributed by atoms with Crippen LogP contribution in [-0.4, -0.2) is 16.0 Å². The number of nitrogens with zero attached hydrogens (tertiary/aromatic N) is 1. The molecular formula is C19H22N4O. The molecule has 3 aromatic rings. The molecule has 1 aromatic heterocycles. The van der Waals surface area contributed by atoms with Crippen LogP contribution in [0.15, 0.2) is 54.6 Å². The fourth-order valence-electron chi connectivity index (χ4n) is 2.67. The van der Waals surface area contributed by atoms with Crippen LogP contribution in [0.4, 0.5) is 10.5 Å². The lowest BCUT2D eigenvalue weighted by atomic mass is 9.99. The van der Waals surface area contributed by atoms with E-state index >= 15 is 0 Å². The Morgan fingerprint density at radius 2 is 1.83 bits per heavy atom. The van der Waals surface area contributed by atoms with Crippen molar-refractivity contribution >= 4 is 22.8 Å². The molecule has 0 spiro atoms. The predicted molar refractivity (Wildman–Crippen MR) is 96.9 cm³/mol. The third-order valence-corrected chi connectivity index (χ3v) is 4.23. The number of aromatic nitrogens is 2. The second-order valence-electron chi connectivity index (χ2n) is 5.97. The van der Waals surface area contributed by atoms with Gasteiger partial charge in [0.05, 0.1) is 17.1 Å². The Morgan fingerprint density at radius 3 is 2.54 bits per heavy atom. The molecule has 0 aliphatic carbocycles. The maximum Gasteiger partial charge on any atom is 0.319 e. The molecule has 0 radical (unpaired) electrons. The number of imidazole rings is 1. The number of anilines is 1. The van der Waals surface area contributed by atoms with Crippen LogP contribution in [0.25, 0.3) is 11.0 Å². The third kappa shape index (κ3) is 3.56. The number of hydrogen-bond acceptors (Lipinski definition) is 2. The fourth-order valence-corrected chi connectivity index (χ4v) is 2.67. The molecule has 0 bridgehead atoms. The summed E-state index contributed by atoms with van der Waals surface area (Å²) in [7, 11) is 0. The first-order valence-electron chi connectivity index (χ1n) is 8.24. The van der Waals surface area contributed by atoms with Crippen LogP contribution in [0.2, 0.25) is 0 Å². The van der Waals surface area contributed by atoms with Gasteiger partial charge < -0.3 is 15.6 Å². The second-order valence-corrected chi connectivity index (χ2v) is 5.97. The first-order valence-corrected chi connectivity index (χ1v) is 8.24. The normalized spacial score (nSPS) is 13.4. The Hall–Kier alpha value is -2.82. The maximum absolute atomic E-state index is 12.4. The smallest absolute Gasteiger partial charge is 0.319 e. The lowest BCUT2D eigenvalue weighted by Gasteiger charge is -2.22. The number of amides is 2. The van der Waals surface area contributed by atoms with E-state index < -0.39 is 0 Å². The summed E-state index contributed by atoms with van der Waals surface area (Å²) in [6, 6.07) is 16.9. The topological polar surface area (TPSA) is 69.8 Å². The molecule has 0 saturated heterocycles. The van der Waals surface area contributed by atoms with E-state index in [2.05, 4.69) is 34.4 Å². The van der Waals surface area contributed by atoms with Crippen LogP contribution in [0.5, 0.6) is 0 Å². The molecule has 0 aliphatic rings. The fraction of sp³-hybridized carbons (Fsp3) is 0.263. The molecule has 2 amide bonds. The monoisotopic (exact) mass is 322 g/mol. The Balaban J connectivity index is 1.80. The number of carbonyl (C=O) groups excluding carboxylic acids is 1. The van der Waals surface area contributed by atoms with Gasteiger partial charge in [0.1, 0.15) is 5.82 Å². The van der Waals surface area contributed by atoms with Gasteiger partial charge in [0.25, 0.3) is 0 Å². The van der Waals surface area contributed by atoms with Crippen LogP contribution in [0.1, 0.15) is 32.1 Å². The van der Waals surface area contributed by atoms with E-state index in [9.17, 15) is 4.79 Å². The first-order chi connectivity index (χ1) is 11.7. The summed E-state index contributed by atoms with van der Waals surface area (Å²) >= 11 is 0. The third-order valence-electron chi connectivity index (χ3n) is 4.23. The van der Waals surface area contributed by atoms with Gasteiger partial charge in [-0.25, -0.2) is 9.78 Å². The molecule has 3 rings (SSSR count). The van der Waals surface area contributed by atoms with Gasteiger partial charge in [-0.1, -0.05) is 50.6 Å². The molecule has 0 aliphatic heterocycles. The standard InChI is InChI=1S/C19H22N4O/c1-3-13(2)17(18-21-15-11-7-8-12-16(15)22-18)23-19(24)20-14-9-5-4-6-10-14/h4-13,17H,3H2,1-2H3,(H,21,22)(H2,20,23,24). The highest BCUT2D eigenvalue weighted by Gasteiger charge is 2.23. The van der Waals surface area contributed by atoms with Crippen LogP contribution in [0, 0.1) is 5.92 Å². The quantitative estimate of drug-likeness (QED) is 0.648. The Morgan fingerprint density at radius 1 is 1.12 bits per heavy atom. The highest BCUT2D eigenvalue weighted by atomic mass is 16.2. The zero-order valence-corrected chi connectivity index (χ0v) is 13.9. The number of para-hydroxylation sites is 3. The van der Waals surface area contributed by atoms with Crippen molar-refractivity contribution in [2.45, 2.75) is 26.3 Å². The molecule has 5 heteroatoms. The van der Waals surface area contributed by atoms with Crippen molar-refractivity contribution in [3.05, 3.63) is 60.4 Å². The molecule has 5 nitrogen and oxygen atoms in total. The van der Waals surface area contributed by atoms with Crippen LogP contribution in [0.3, 0.4) is 0 Å². The van der Waals surface area contributed by atoms with Gasteiger partial charge in [0.15, 0.2) is 0 Å². The Kier molecular flexibility index (Phi) is 4.79. The predicted octanol–water partition coefficient (Wildman–Crippen LogP) is 4.47. The molecule has 2 atom stereocenters. The molecular weight excluding hydrogens is 300 g/mol. The van der Waals surface area contributed by atoms with Crippen molar-refractivity contribution in [1.29, 1.82) is 0 Å². The second kappa shape index (κ2) is 7.17. The number of benzene rings is 2. The average molecular weight is 322 g/mol. The van der Waals surface area contributed by atoms with Crippen LogP contribution < -0.4 is 10.6 Å². The van der Waals surface area contributed by atoms with Crippen molar-refractivity contribution in [1.82, 2.24) is 15.3 Å². The van der Waals surface area contributed by atoms with Crippen LogP contribution in [-0.2, 0) is 0 Å². The van der Waals surface area contributed by atoms with E-state index in [1.807, 2.05) is 54.6 Å². The number of aromatic amines is 1. The summed E-state index contributed by atoms with van der Waals surface area (Å²) < 4.78 is 0. The number of nitrogens with one attached hydrogen (secondary N) is 3. The molecule has 0 saturated carbocycles. The molecule has 2 unspecified atom stereocenters. The van der Waals surface area contributed by atoms with E-state index in [0.29, 0.717) is 0 Å². The van der Waals surface area contributed by atoms with E-state index in [4.69, 9.17) is 0 Å². The summed E-state index contributed by atoms with van der Waals surface area (Å²) in [5.74, 6) is 1.04. The minimum absolute atomic E-state index is 0.175. The van der Waals surface area contributed by atoms with Gasteiger partial charge in [-0.05, 0) is 30.2 Å². The summed E-state index contributed by atoms with van der Waals surface area (Å²) in [5, 5.41) is 5.91. The lowest BCUT2D eigenvalue weighted by molar-refractivity contribution is 0.242. The highest BCUT2D eigenvalue weighted by Crippen LogP contribution is 2.24. The molecule has 124 valence electrons. The molecule has 2 aromatic carbocycles. The SMILES string of the molecule is CCC(C)C(NC(=O)Nc1ccccc1)c1nc2ccccc2[nH]1. The molecule has 3 N–H and O–H groups in total. The zero-order valence-electron chi connectivity index (χ0n) is 13.9. The van der Waals surface area contributed by atoms with Gasteiger partial charge in [-0.3, -0.25) is 0 Å². The Bertz CT molecular complexity index is 779. The molecule has 0 fully saturated rings. The van der Waals surface area contributed by atoms with Gasteiger partial charge in [0.2, 0.25) is 0 Å². The van der Waals surface area contributed by atoms with Gasteiger partial charge in [-0.15, -0.1) is 0 Å². The number of carbonyl (C=O) groups is 1. The summed E-state index contributed by atoms with van der Waals surface area (Å²) in [6.07, 6.45) is 0.938. The number of rotatable bonds is 5. The number of hydrogen-bond donors (Lipinski definition) is 3. The summed E-state index contributed by atoms with van der Waals surface area (Å²) in [6.45, 7) is 4.22. The largest absolute Gasteiger partial charge is 0.340 e. The van der Waals surface area contributed by atoms with E-state index in [0.717, 1.165) is 29.0 Å². The molecule has 1 heterocycles. The van der Waals surface area contributed by atoms with Crippen molar-refractivity contribution in [2.24, 2.45) is 5.92 Å². The zero-order chi connectivity index (χ0) is 16.9. The summed E-state index contributed by atoms with van der Waals surface area (Å²) in [4.78, 5) is 20.3. The average Bonchev–Trinajstić information content (AvgIpc) is 3.03. The highest BCUT2D eigenvalue weighted by molar-refractivity contribution is 5.89. The molecule has 24 heavy (non-hydrogen) atoms. The van der Waals surface area contributed by atoms with Gasteiger partial charge >= 0.3 is 6.03 Å². The lowest BCUT2D eigenvalue weighted by Crippen LogP contribution is -2.36. The minimum atomic E-state index is -0.230. The van der Waals surface area contributed by atoms with Gasteiger partial charge in [-0.2, -0.15) is 0 Å². The Labute approximate surface area is 141 Å². The number of urea groups is 1. The minimum Gasteiger partial charge on any atom is -0.340 e. The first kappa shape index (κ1) is 16.1. The van der Waals surface area contributed by atoms with Crippen molar-refractivity contribution in [2.75, 3.05) is 5.32 Å². The van der Waals surface area contributed by atoms with E-state index in [1.165, 1.54) is 0 Å². The number of H-pyrrole nitrogens is 1. The summed E-state index contributed by atoms with van der Waals surface area (Å²) in [5.41, 5.74) is 2.65. The van der Waals surface area contributed by atoms with Crippen molar-refractivity contribution in [3.63, 3.8) is 0 Å². The van der Waals surface area contributed by atoms with Gasteiger partial charge in [0, 0.05) is 5.69 Å².